The van der Waals surface area contributed by atoms with E-state index in [0.29, 0.717) is 32.8 Å². The summed E-state index contributed by atoms with van der Waals surface area (Å²) in [6.45, 7) is 7.87. The fraction of sp³-hybridized carbons (Fsp3) is 0.476. The topological polar surface area (TPSA) is 61.8 Å². The number of benzene rings is 1. The van der Waals surface area contributed by atoms with Gasteiger partial charge < -0.3 is 19.4 Å². The van der Waals surface area contributed by atoms with E-state index in [4.69, 9.17) is 9.72 Å². The number of hydrogen-bond acceptors (Lipinski definition) is 6. The normalized spacial score (nSPS) is 16.7. The van der Waals surface area contributed by atoms with Crippen molar-refractivity contribution in [3.05, 3.63) is 41.6 Å². The number of ether oxygens (including phenoxy) is 1. The maximum absolute atomic E-state index is 11.9. The van der Waals surface area contributed by atoms with Crippen molar-refractivity contribution in [3.8, 4) is 0 Å². The van der Waals surface area contributed by atoms with Gasteiger partial charge >= 0.3 is 6.09 Å². The molecule has 0 spiro atoms. The Morgan fingerprint density at radius 1 is 1.11 bits per heavy atom. The number of rotatable bonds is 3. The molecule has 148 valence electrons. The highest BCUT2D eigenvalue weighted by molar-refractivity contribution is 5.68. The van der Waals surface area contributed by atoms with Gasteiger partial charge in [-0.25, -0.2) is 9.78 Å². The lowest BCUT2D eigenvalue weighted by Crippen LogP contribution is -2.49. The van der Waals surface area contributed by atoms with Crippen molar-refractivity contribution < 1.29 is 9.53 Å². The second kappa shape index (κ2) is 8.04. The Hall–Kier alpha value is -2.83. The van der Waals surface area contributed by atoms with Crippen molar-refractivity contribution in [1.29, 1.82) is 0 Å². The van der Waals surface area contributed by atoms with Crippen LogP contribution in [0.25, 0.3) is 0 Å². The zero-order valence-corrected chi connectivity index (χ0v) is 16.6. The predicted octanol–water partition coefficient (Wildman–Crippen LogP) is 3.15. The van der Waals surface area contributed by atoms with E-state index in [1.807, 2.05) is 13.8 Å². The predicted molar refractivity (Wildman–Crippen MR) is 109 cm³/mol. The zero-order chi connectivity index (χ0) is 19.5. The number of amides is 1. The molecule has 0 saturated carbocycles. The van der Waals surface area contributed by atoms with Crippen LogP contribution in [-0.2, 0) is 11.2 Å². The molecule has 3 heterocycles. The molecule has 0 atom stereocenters. The summed E-state index contributed by atoms with van der Waals surface area (Å²) >= 11 is 0. The van der Waals surface area contributed by atoms with Gasteiger partial charge in [-0.05, 0) is 38.3 Å². The van der Waals surface area contributed by atoms with E-state index >= 15 is 0 Å². The van der Waals surface area contributed by atoms with Gasteiger partial charge in [0.2, 0.25) is 5.95 Å². The van der Waals surface area contributed by atoms with Crippen LogP contribution in [-0.4, -0.2) is 60.3 Å². The van der Waals surface area contributed by atoms with Crippen molar-refractivity contribution in [2.75, 3.05) is 49.1 Å². The molecule has 2 aliphatic rings. The maximum atomic E-state index is 11.9. The fourth-order valence-electron chi connectivity index (χ4n) is 3.89. The quantitative estimate of drug-likeness (QED) is 0.814. The Kier molecular flexibility index (Phi) is 5.32. The summed E-state index contributed by atoms with van der Waals surface area (Å²) in [6, 6.07) is 10.6. The summed E-state index contributed by atoms with van der Waals surface area (Å²) < 4.78 is 5.10. The smallest absolute Gasteiger partial charge is 0.409 e. The number of piperazine rings is 1. The molecular formula is C21H27N5O2. The van der Waals surface area contributed by atoms with E-state index in [0.717, 1.165) is 36.8 Å². The van der Waals surface area contributed by atoms with Crippen LogP contribution in [0.15, 0.2) is 30.3 Å². The minimum absolute atomic E-state index is 0.238. The molecule has 1 fully saturated rings. The van der Waals surface area contributed by atoms with E-state index in [9.17, 15) is 4.79 Å². The van der Waals surface area contributed by atoms with E-state index in [1.54, 1.807) is 4.90 Å². The Morgan fingerprint density at radius 2 is 1.89 bits per heavy atom. The van der Waals surface area contributed by atoms with Gasteiger partial charge in [-0.15, -0.1) is 0 Å². The van der Waals surface area contributed by atoms with Gasteiger partial charge in [0.25, 0.3) is 0 Å². The molecule has 28 heavy (non-hydrogen) atoms. The molecule has 0 N–H and O–H groups in total. The average molecular weight is 381 g/mol. The second-order valence-electron chi connectivity index (χ2n) is 7.22. The Balaban J connectivity index is 1.54. The van der Waals surface area contributed by atoms with E-state index in [1.165, 1.54) is 11.3 Å². The second-order valence-corrected chi connectivity index (χ2v) is 7.22. The molecule has 0 aliphatic carbocycles. The van der Waals surface area contributed by atoms with Gasteiger partial charge in [0.15, 0.2) is 0 Å². The summed E-state index contributed by atoms with van der Waals surface area (Å²) in [5, 5.41) is 0. The molecule has 1 amide bonds. The average Bonchev–Trinajstić information content (AvgIpc) is 2.73. The lowest BCUT2D eigenvalue weighted by Gasteiger charge is -2.35. The van der Waals surface area contributed by atoms with Gasteiger partial charge in [0.05, 0.1) is 6.61 Å². The van der Waals surface area contributed by atoms with Gasteiger partial charge in [0, 0.05) is 50.2 Å². The number of hydrogen-bond donors (Lipinski definition) is 0. The molecule has 4 rings (SSSR count). The first-order valence-electron chi connectivity index (χ1n) is 10.0. The third-order valence-corrected chi connectivity index (χ3v) is 5.30. The van der Waals surface area contributed by atoms with Crippen molar-refractivity contribution in [3.63, 3.8) is 0 Å². The minimum atomic E-state index is -0.238. The first kappa shape index (κ1) is 18.5. The number of carbonyl (C=O) groups is 1. The van der Waals surface area contributed by atoms with Crippen LogP contribution in [0.5, 0.6) is 0 Å². The van der Waals surface area contributed by atoms with Crippen molar-refractivity contribution >= 4 is 23.5 Å². The SMILES string of the molecule is CCOC(=O)N1CCN(c2nc(C)cc(N3CCCc4ccccc43)n2)CC1. The summed E-state index contributed by atoms with van der Waals surface area (Å²) in [7, 11) is 0. The number of carbonyl (C=O) groups excluding carboxylic acids is 1. The summed E-state index contributed by atoms with van der Waals surface area (Å²) in [5.41, 5.74) is 3.57. The van der Waals surface area contributed by atoms with Gasteiger partial charge in [-0.2, -0.15) is 4.98 Å². The van der Waals surface area contributed by atoms with Crippen molar-refractivity contribution in [2.45, 2.75) is 26.7 Å². The number of aryl methyl sites for hydroxylation is 2. The minimum Gasteiger partial charge on any atom is -0.450 e. The highest BCUT2D eigenvalue weighted by Crippen LogP contribution is 2.33. The van der Waals surface area contributed by atoms with Crippen LogP contribution in [0.4, 0.5) is 22.2 Å². The number of fused-ring (bicyclic) bond motifs is 1. The first-order valence-corrected chi connectivity index (χ1v) is 10.0. The molecule has 2 aliphatic heterocycles. The standard InChI is InChI=1S/C21H27N5O2/c1-3-28-21(27)25-13-11-24(12-14-25)20-22-16(2)15-19(23-20)26-10-6-8-17-7-4-5-9-18(17)26/h4-5,7,9,15H,3,6,8,10-14H2,1-2H3. The van der Waals surface area contributed by atoms with Crippen molar-refractivity contribution in [1.82, 2.24) is 14.9 Å². The monoisotopic (exact) mass is 381 g/mol. The lowest BCUT2D eigenvalue weighted by atomic mass is 10.0. The molecule has 0 radical (unpaired) electrons. The number of aromatic nitrogens is 2. The maximum Gasteiger partial charge on any atom is 0.409 e. The molecular weight excluding hydrogens is 354 g/mol. The molecule has 7 nitrogen and oxygen atoms in total. The molecule has 1 aromatic heterocycles. The van der Waals surface area contributed by atoms with Crippen molar-refractivity contribution in [2.24, 2.45) is 0 Å². The molecule has 0 unspecified atom stereocenters. The Morgan fingerprint density at radius 3 is 2.68 bits per heavy atom. The van der Waals surface area contributed by atoms with E-state index in [-0.39, 0.29) is 6.09 Å². The van der Waals surface area contributed by atoms with Crippen LogP contribution < -0.4 is 9.80 Å². The Bertz CT molecular complexity index is 848. The summed E-state index contributed by atoms with van der Waals surface area (Å²) in [4.78, 5) is 27.7. The first-order chi connectivity index (χ1) is 13.7. The number of anilines is 3. The molecule has 7 heteroatoms. The number of nitrogens with zero attached hydrogens (tertiary/aromatic N) is 5. The van der Waals surface area contributed by atoms with Crippen LogP contribution in [0.3, 0.4) is 0 Å². The fourth-order valence-corrected chi connectivity index (χ4v) is 3.89. The largest absolute Gasteiger partial charge is 0.450 e. The highest BCUT2D eigenvalue weighted by atomic mass is 16.6. The summed E-state index contributed by atoms with van der Waals surface area (Å²) in [6.07, 6.45) is 1.99. The number of para-hydroxylation sites is 1. The van der Waals surface area contributed by atoms with Crippen LogP contribution in [0, 0.1) is 6.92 Å². The third kappa shape index (κ3) is 3.74. The summed E-state index contributed by atoms with van der Waals surface area (Å²) in [5.74, 6) is 1.68. The Labute approximate surface area is 165 Å². The van der Waals surface area contributed by atoms with Gasteiger partial charge in [0.1, 0.15) is 5.82 Å². The molecule has 2 aromatic rings. The molecule has 0 bridgehead atoms. The van der Waals surface area contributed by atoms with Crippen LogP contribution in [0.2, 0.25) is 0 Å². The zero-order valence-electron chi connectivity index (χ0n) is 16.6. The molecule has 1 aromatic carbocycles. The third-order valence-electron chi connectivity index (χ3n) is 5.30. The van der Waals surface area contributed by atoms with Crippen LogP contribution in [0.1, 0.15) is 24.6 Å². The highest BCUT2D eigenvalue weighted by Gasteiger charge is 2.25. The van der Waals surface area contributed by atoms with E-state index < -0.39 is 0 Å². The van der Waals surface area contributed by atoms with Gasteiger partial charge in [-0.1, -0.05) is 18.2 Å². The van der Waals surface area contributed by atoms with Gasteiger partial charge in [-0.3, -0.25) is 0 Å². The van der Waals surface area contributed by atoms with Crippen LogP contribution >= 0.6 is 0 Å². The lowest BCUT2D eigenvalue weighted by molar-refractivity contribution is 0.105. The molecule has 1 saturated heterocycles. The van der Waals surface area contributed by atoms with E-state index in [2.05, 4.69) is 45.1 Å².